The van der Waals surface area contributed by atoms with Crippen LogP contribution in [0.15, 0.2) is 0 Å². The molecule has 0 bridgehead atoms. The smallest absolute Gasteiger partial charge is 0.0882 e. The Morgan fingerprint density at radius 3 is 3.14 bits per heavy atom. The van der Waals surface area contributed by atoms with E-state index in [0.29, 0.717) is 0 Å². The lowest BCUT2D eigenvalue weighted by molar-refractivity contribution is -0.650. The van der Waals surface area contributed by atoms with Gasteiger partial charge >= 0.3 is 0 Å². The Bertz CT molecular complexity index is 25.7. The fraction of sp³-hybridized carbons (Fsp3) is 1.00. The molecule has 3 N–H and O–H groups in total. The average molecular weight is 101 g/mol. The lowest BCUT2D eigenvalue weighted by Crippen LogP contribution is -2.84. The first-order valence-electron chi connectivity index (χ1n) is 3.02. The van der Waals surface area contributed by atoms with Gasteiger partial charge in [-0.15, -0.1) is 0 Å². The van der Waals surface area contributed by atoms with E-state index >= 15 is 0 Å². The molecule has 0 saturated carbocycles. The number of quaternary nitrogens is 1. The van der Waals surface area contributed by atoms with Gasteiger partial charge in [-0.3, -0.25) is 0 Å². The third-order valence-electron chi connectivity index (χ3n) is 1.29. The summed E-state index contributed by atoms with van der Waals surface area (Å²) >= 11 is 0. The van der Waals surface area contributed by atoms with Crippen molar-refractivity contribution in [3.63, 3.8) is 0 Å². The van der Waals surface area contributed by atoms with Crippen molar-refractivity contribution in [2.75, 3.05) is 26.2 Å². The van der Waals surface area contributed by atoms with E-state index in [1.807, 2.05) is 0 Å². The summed E-state index contributed by atoms with van der Waals surface area (Å²) in [4.78, 5) is 0. The standard InChI is InChI=1S/C5H12N2/c1-2-6-4-5-7-3-1/h6-7H,1-5H2/p+1. The largest absolute Gasteiger partial charge is 0.345 e. The summed E-state index contributed by atoms with van der Waals surface area (Å²) in [5.74, 6) is 0. The number of hydrogen-bond donors (Lipinski definition) is 2. The van der Waals surface area contributed by atoms with E-state index in [1.165, 1.54) is 32.6 Å². The predicted octanol–water partition coefficient (Wildman–Crippen LogP) is -1.46. The van der Waals surface area contributed by atoms with Gasteiger partial charge in [-0.1, -0.05) is 0 Å². The predicted molar refractivity (Wildman–Crippen MR) is 29.1 cm³/mol. The van der Waals surface area contributed by atoms with E-state index in [2.05, 4.69) is 10.6 Å². The number of nitrogens with one attached hydrogen (secondary N) is 1. The van der Waals surface area contributed by atoms with Crippen LogP contribution in [0.4, 0.5) is 0 Å². The van der Waals surface area contributed by atoms with Crippen LogP contribution in [-0.2, 0) is 0 Å². The van der Waals surface area contributed by atoms with E-state index in [0.717, 1.165) is 0 Å². The van der Waals surface area contributed by atoms with Crippen molar-refractivity contribution in [2.45, 2.75) is 6.42 Å². The first-order valence-corrected chi connectivity index (χ1v) is 3.02. The second-order valence-electron chi connectivity index (χ2n) is 1.97. The molecule has 1 saturated heterocycles. The highest BCUT2D eigenvalue weighted by atomic mass is 15.0. The molecule has 1 aliphatic rings. The first kappa shape index (κ1) is 5.06. The molecule has 0 spiro atoms. The van der Waals surface area contributed by atoms with Crippen molar-refractivity contribution in [3.05, 3.63) is 0 Å². The minimum atomic E-state index is 1.19. The van der Waals surface area contributed by atoms with Gasteiger partial charge in [-0.25, -0.2) is 0 Å². The molecule has 1 rings (SSSR count). The van der Waals surface area contributed by atoms with E-state index in [-0.39, 0.29) is 0 Å². The monoisotopic (exact) mass is 101 g/mol. The zero-order chi connectivity index (χ0) is 4.95. The topological polar surface area (TPSA) is 28.6 Å². The summed E-state index contributed by atoms with van der Waals surface area (Å²) in [5.41, 5.74) is 0. The molecule has 0 aromatic carbocycles. The molecule has 42 valence electrons. The Balaban J connectivity index is 2.04. The van der Waals surface area contributed by atoms with Gasteiger partial charge in [0.2, 0.25) is 0 Å². The van der Waals surface area contributed by atoms with Crippen LogP contribution in [0, 0.1) is 0 Å². The summed E-state index contributed by atoms with van der Waals surface area (Å²) in [5, 5.41) is 5.68. The van der Waals surface area contributed by atoms with Crippen molar-refractivity contribution in [3.8, 4) is 0 Å². The third kappa shape index (κ3) is 1.90. The van der Waals surface area contributed by atoms with Gasteiger partial charge in [-0.05, 0) is 0 Å². The van der Waals surface area contributed by atoms with Crippen LogP contribution in [0.3, 0.4) is 0 Å². The van der Waals surface area contributed by atoms with Gasteiger partial charge in [0.1, 0.15) is 0 Å². The Hall–Kier alpha value is -0.0800. The van der Waals surface area contributed by atoms with Crippen LogP contribution in [-0.4, -0.2) is 26.2 Å². The van der Waals surface area contributed by atoms with Crippen molar-refractivity contribution in [1.82, 2.24) is 5.32 Å². The third-order valence-corrected chi connectivity index (χ3v) is 1.29. The van der Waals surface area contributed by atoms with E-state index in [9.17, 15) is 0 Å². The highest BCUT2D eigenvalue weighted by Gasteiger charge is 1.95. The minimum absolute atomic E-state index is 1.19. The van der Waals surface area contributed by atoms with Gasteiger partial charge in [-0.2, -0.15) is 0 Å². The van der Waals surface area contributed by atoms with E-state index in [1.54, 1.807) is 0 Å². The minimum Gasteiger partial charge on any atom is -0.345 e. The van der Waals surface area contributed by atoms with Crippen molar-refractivity contribution < 1.29 is 5.32 Å². The van der Waals surface area contributed by atoms with Crippen molar-refractivity contribution in [2.24, 2.45) is 0 Å². The Labute approximate surface area is 44.3 Å². The summed E-state index contributed by atoms with van der Waals surface area (Å²) in [6, 6.07) is 0. The van der Waals surface area contributed by atoms with Crippen molar-refractivity contribution >= 4 is 0 Å². The Kier molecular flexibility index (Phi) is 2.17. The van der Waals surface area contributed by atoms with Gasteiger partial charge in [0.05, 0.1) is 13.1 Å². The maximum atomic E-state index is 3.32. The molecular weight excluding hydrogens is 88.1 g/mol. The quantitative estimate of drug-likeness (QED) is 0.384. The molecule has 1 fully saturated rings. The van der Waals surface area contributed by atoms with Crippen LogP contribution in [0.2, 0.25) is 0 Å². The molecule has 7 heavy (non-hydrogen) atoms. The highest BCUT2D eigenvalue weighted by molar-refractivity contribution is 4.46. The zero-order valence-electron chi connectivity index (χ0n) is 4.61. The molecular formula is C5H13N2+. The molecule has 2 nitrogen and oxygen atoms in total. The molecule has 0 radical (unpaired) electrons. The maximum absolute atomic E-state index is 3.32. The highest BCUT2D eigenvalue weighted by Crippen LogP contribution is 1.69. The number of nitrogens with two attached hydrogens (primary N) is 1. The summed E-state index contributed by atoms with van der Waals surface area (Å²) in [6.45, 7) is 4.99. The molecule has 2 heteroatoms. The fourth-order valence-corrected chi connectivity index (χ4v) is 0.845. The van der Waals surface area contributed by atoms with Gasteiger partial charge < -0.3 is 10.6 Å². The molecule has 1 aliphatic heterocycles. The lowest BCUT2D eigenvalue weighted by atomic mass is 10.4. The van der Waals surface area contributed by atoms with Crippen molar-refractivity contribution in [1.29, 1.82) is 0 Å². The average Bonchev–Trinajstić information content (AvgIpc) is 1.90. The van der Waals surface area contributed by atoms with Gasteiger partial charge in [0.15, 0.2) is 0 Å². The maximum Gasteiger partial charge on any atom is 0.0882 e. The molecule has 1 heterocycles. The molecule has 0 amide bonds. The Morgan fingerprint density at radius 2 is 2.14 bits per heavy atom. The van der Waals surface area contributed by atoms with Crippen LogP contribution in [0.25, 0.3) is 0 Å². The Morgan fingerprint density at radius 1 is 1.14 bits per heavy atom. The second-order valence-corrected chi connectivity index (χ2v) is 1.97. The summed E-state index contributed by atoms with van der Waals surface area (Å²) in [7, 11) is 0. The van der Waals surface area contributed by atoms with Crippen LogP contribution >= 0.6 is 0 Å². The van der Waals surface area contributed by atoms with Gasteiger partial charge in [0, 0.05) is 19.5 Å². The molecule has 0 aromatic heterocycles. The molecule has 0 aliphatic carbocycles. The molecule has 0 atom stereocenters. The normalized spacial score (nSPS) is 24.0. The number of rotatable bonds is 0. The fourth-order valence-electron chi connectivity index (χ4n) is 0.845. The summed E-state index contributed by atoms with van der Waals surface area (Å²) < 4.78 is 0. The number of hydrogen-bond acceptors (Lipinski definition) is 1. The van der Waals surface area contributed by atoms with Crippen LogP contribution in [0.1, 0.15) is 6.42 Å². The molecule has 0 unspecified atom stereocenters. The van der Waals surface area contributed by atoms with E-state index in [4.69, 9.17) is 0 Å². The van der Waals surface area contributed by atoms with Crippen LogP contribution < -0.4 is 10.6 Å². The first-order chi connectivity index (χ1) is 3.50. The second kappa shape index (κ2) is 2.99. The van der Waals surface area contributed by atoms with Gasteiger partial charge in [0.25, 0.3) is 0 Å². The molecule has 0 aromatic rings. The van der Waals surface area contributed by atoms with E-state index < -0.39 is 0 Å². The SMILES string of the molecule is C1CNCC[NH2+]C1. The summed E-state index contributed by atoms with van der Waals surface area (Å²) in [6.07, 6.45) is 1.33. The van der Waals surface area contributed by atoms with Crippen LogP contribution in [0.5, 0.6) is 0 Å². The zero-order valence-corrected chi connectivity index (χ0v) is 4.61. The lowest BCUT2D eigenvalue weighted by Gasteiger charge is -1.89.